The molecule has 0 saturated carbocycles. The number of hydrogen-bond acceptors (Lipinski definition) is 5. The van der Waals surface area contributed by atoms with Crippen LogP contribution in [0.25, 0.3) is 0 Å². The number of hydrogen-bond donors (Lipinski definition) is 0. The number of carbonyl (C=O) groups excluding carboxylic acids is 1. The number of ether oxygens (including phenoxy) is 1. The van der Waals surface area contributed by atoms with Crippen LogP contribution < -0.4 is 4.90 Å². The van der Waals surface area contributed by atoms with Gasteiger partial charge in [-0.3, -0.25) is 0 Å². The molecular weight excluding hydrogens is 218 g/mol. The Bertz CT molecular complexity index is 405. The SMILES string of the molecule is COC(=O)c1ccc(N2CCC(C)C2C)nn1. The Morgan fingerprint density at radius 1 is 1.41 bits per heavy atom. The normalized spacial score (nSPS) is 23.8. The van der Waals surface area contributed by atoms with E-state index in [1.165, 1.54) is 13.5 Å². The number of methoxy groups -OCH3 is 1. The molecule has 0 radical (unpaired) electrons. The Morgan fingerprint density at radius 3 is 2.65 bits per heavy atom. The predicted octanol–water partition coefficient (Wildman–Crippen LogP) is 1.50. The summed E-state index contributed by atoms with van der Waals surface area (Å²) in [6.45, 7) is 5.42. The second-order valence-electron chi connectivity index (χ2n) is 4.47. The molecular formula is C12H17N3O2. The number of rotatable bonds is 2. The highest BCUT2D eigenvalue weighted by Crippen LogP contribution is 2.27. The zero-order valence-electron chi connectivity index (χ0n) is 10.4. The number of esters is 1. The van der Waals surface area contributed by atoms with Gasteiger partial charge in [0.05, 0.1) is 7.11 Å². The lowest BCUT2D eigenvalue weighted by Crippen LogP contribution is -2.30. The fourth-order valence-electron chi connectivity index (χ4n) is 2.11. The lowest BCUT2D eigenvalue weighted by atomic mass is 10.1. The molecule has 2 unspecified atom stereocenters. The van der Waals surface area contributed by atoms with Crippen molar-refractivity contribution in [3.63, 3.8) is 0 Å². The molecule has 0 aromatic carbocycles. The van der Waals surface area contributed by atoms with Gasteiger partial charge in [0.2, 0.25) is 0 Å². The van der Waals surface area contributed by atoms with Crippen LogP contribution in [0.4, 0.5) is 5.82 Å². The molecule has 1 aromatic rings. The van der Waals surface area contributed by atoms with Gasteiger partial charge in [-0.1, -0.05) is 6.92 Å². The van der Waals surface area contributed by atoms with E-state index in [-0.39, 0.29) is 5.69 Å². The average molecular weight is 235 g/mol. The average Bonchev–Trinajstić information content (AvgIpc) is 2.69. The molecule has 0 bridgehead atoms. The van der Waals surface area contributed by atoms with E-state index in [9.17, 15) is 4.79 Å². The summed E-state index contributed by atoms with van der Waals surface area (Å²) < 4.78 is 4.58. The van der Waals surface area contributed by atoms with Gasteiger partial charge in [0.15, 0.2) is 11.5 Å². The molecule has 92 valence electrons. The van der Waals surface area contributed by atoms with Crippen molar-refractivity contribution in [2.75, 3.05) is 18.6 Å². The summed E-state index contributed by atoms with van der Waals surface area (Å²) in [5.74, 6) is 1.04. The number of anilines is 1. The fourth-order valence-corrected chi connectivity index (χ4v) is 2.11. The summed E-state index contributed by atoms with van der Waals surface area (Å²) in [5.41, 5.74) is 0.246. The molecule has 2 atom stereocenters. The van der Waals surface area contributed by atoms with Crippen LogP contribution in [-0.2, 0) is 4.74 Å². The first kappa shape index (κ1) is 11.8. The summed E-state index contributed by atoms with van der Waals surface area (Å²) in [4.78, 5) is 13.4. The largest absolute Gasteiger partial charge is 0.464 e. The molecule has 2 rings (SSSR count). The third-order valence-electron chi connectivity index (χ3n) is 3.48. The van der Waals surface area contributed by atoms with Crippen LogP contribution >= 0.6 is 0 Å². The highest BCUT2D eigenvalue weighted by atomic mass is 16.5. The van der Waals surface area contributed by atoms with Crippen LogP contribution in [0.3, 0.4) is 0 Å². The van der Waals surface area contributed by atoms with Crippen LogP contribution in [0.1, 0.15) is 30.8 Å². The Labute approximate surface area is 101 Å². The fraction of sp³-hybridized carbons (Fsp3) is 0.583. The molecule has 0 spiro atoms. The Balaban J connectivity index is 2.16. The van der Waals surface area contributed by atoms with E-state index in [4.69, 9.17) is 0 Å². The number of nitrogens with zero attached hydrogens (tertiary/aromatic N) is 3. The lowest BCUT2D eigenvalue weighted by molar-refractivity contribution is 0.0592. The minimum atomic E-state index is -0.452. The van der Waals surface area contributed by atoms with E-state index in [0.717, 1.165) is 12.4 Å². The summed E-state index contributed by atoms with van der Waals surface area (Å²) in [5, 5.41) is 7.98. The van der Waals surface area contributed by atoms with Crippen LogP contribution in [0.2, 0.25) is 0 Å². The summed E-state index contributed by atoms with van der Waals surface area (Å²) >= 11 is 0. The van der Waals surface area contributed by atoms with E-state index in [0.29, 0.717) is 12.0 Å². The molecule has 1 aliphatic rings. The van der Waals surface area contributed by atoms with Gasteiger partial charge in [0, 0.05) is 12.6 Å². The van der Waals surface area contributed by atoms with Gasteiger partial charge in [-0.05, 0) is 31.4 Å². The highest BCUT2D eigenvalue weighted by molar-refractivity contribution is 5.86. The Hall–Kier alpha value is -1.65. The molecule has 1 aliphatic heterocycles. The first-order valence-corrected chi connectivity index (χ1v) is 5.82. The molecule has 5 nitrogen and oxygen atoms in total. The smallest absolute Gasteiger partial charge is 0.358 e. The van der Waals surface area contributed by atoms with Crippen LogP contribution in [0, 0.1) is 5.92 Å². The summed E-state index contributed by atoms with van der Waals surface area (Å²) in [7, 11) is 1.34. The van der Waals surface area contributed by atoms with Crippen molar-refractivity contribution in [1.29, 1.82) is 0 Å². The van der Waals surface area contributed by atoms with Crippen molar-refractivity contribution in [3.8, 4) is 0 Å². The lowest BCUT2D eigenvalue weighted by Gasteiger charge is -2.23. The third kappa shape index (κ3) is 2.23. The zero-order valence-corrected chi connectivity index (χ0v) is 10.4. The molecule has 1 aromatic heterocycles. The second kappa shape index (κ2) is 4.69. The molecule has 2 heterocycles. The van der Waals surface area contributed by atoms with Crippen molar-refractivity contribution in [2.24, 2.45) is 5.92 Å². The standard InChI is InChI=1S/C12H17N3O2/c1-8-6-7-15(9(8)2)11-5-4-10(13-14-11)12(16)17-3/h4-5,8-9H,6-7H2,1-3H3. The monoisotopic (exact) mass is 235 g/mol. The van der Waals surface area contributed by atoms with E-state index in [1.54, 1.807) is 6.07 Å². The van der Waals surface area contributed by atoms with Crippen molar-refractivity contribution >= 4 is 11.8 Å². The van der Waals surface area contributed by atoms with Crippen LogP contribution in [-0.4, -0.2) is 35.9 Å². The van der Waals surface area contributed by atoms with Gasteiger partial charge >= 0.3 is 5.97 Å². The van der Waals surface area contributed by atoms with Crippen LogP contribution in [0.15, 0.2) is 12.1 Å². The van der Waals surface area contributed by atoms with Gasteiger partial charge in [0.1, 0.15) is 0 Å². The molecule has 0 aliphatic carbocycles. The first-order chi connectivity index (χ1) is 8.13. The third-order valence-corrected chi connectivity index (χ3v) is 3.48. The Morgan fingerprint density at radius 2 is 2.18 bits per heavy atom. The maximum atomic E-state index is 11.2. The van der Waals surface area contributed by atoms with Crippen molar-refractivity contribution < 1.29 is 9.53 Å². The van der Waals surface area contributed by atoms with Gasteiger partial charge < -0.3 is 9.64 Å². The minimum Gasteiger partial charge on any atom is -0.464 e. The minimum absolute atomic E-state index is 0.246. The quantitative estimate of drug-likeness (QED) is 0.727. The van der Waals surface area contributed by atoms with Crippen molar-refractivity contribution in [1.82, 2.24) is 10.2 Å². The first-order valence-electron chi connectivity index (χ1n) is 5.82. The molecule has 17 heavy (non-hydrogen) atoms. The molecule has 0 N–H and O–H groups in total. The Kier molecular flexibility index (Phi) is 3.26. The maximum absolute atomic E-state index is 11.2. The van der Waals surface area contributed by atoms with Crippen molar-refractivity contribution in [3.05, 3.63) is 17.8 Å². The number of carbonyl (C=O) groups is 1. The summed E-state index contributed by atoms with van der Waals surface area (Å²) in [6.07, 6.45) is 1.17. The van der Waals surface area contributed by atoms with Gasteiger partial charge in [-0.15, -0.1) is 10.2 Å². The van der Waals surface area contributed by atoms with Gasteiger partial charge in [-0.2, -0.15) is 0 Å². The predicted molar refractivity (Wildman–Crippen MR) is 64.0 cm³/mol. The molecule has 0 amide bonds. The maximum Gasteiger partial charge on any atom is 0.358 e. The van der Waals surface area contributed by atoms with E-state index >= 15 is 0 Å². The summed E-state index contributed by atoms with van der Waals surface area (Å²) in [6, 6.07) is 3.95. The molecule has 5 heteroatoms. The van der Waals surface area contributed by atoms with Gasteiger partial charge in [0.25, 0.3) is 0 Å². The van der Waals surface area contributed by atoms with Gasteiger partial charge in [-0.25, -0.2) is 4.79 Å². The van der Waals surface area contributed by atoms with Crippen LogP contribution in [0.5, 0.6) is 0 Å². The van der Waals surface area contributed by atoms with E-state index in [2.05, 4.69) is 33.7 Å². The highest BCUT2D eigenvalue weighted by Gasteiger charge is 2.28. The second-order valence-corrected chi connectivity index (χ2v) is 4.47. The topological polar surface area (TPSA) is 55.3 Å². The van der Waals surface area contributed by atoms with E-state index < -0.39 is 5.97 Å². The van der Waals surface area contributed by atoms with E-state index in [1.807, 2.05) is 6.07 Å². The number of aromatic nitrogens is 2. The molecule has 1 saturated heterocycles. The van der Waals surface area contributed by atoms with Crippen molar-refractivity contribution in [2.45, 2.75) is 26.3 Å². The zero-order chi connectivity index (χ0) is 12.4. The molecule has 1 fully saturated rings.